The van der Waals surface area contributed by atoms with Crippen LogP contribution in [0.1, 0.15) is 28.8 Å². The number of benzene rings is 1. The zero-order chi connectivity index (χ0) is 18.6. The Kier molecular flexibility index (Phi) is 6.81. The van der Waals surface area contributed by atoms with Gasteiger partial charge in [-0.3, -0.25) is 0 Å². The number of ether oxygens (including phenoxy) is 1. The van der Waals surface area contributed by atoms with Gasteiger partial charge in [-0.25, -0.2) is 18.2 Å². The summed E-state index contributed by atoms with van der Waals surface area (Å²) in [6.45, 7) is 2.17. The van der Waals surface area contributed by atoms with Crippen molar-refractivity contribution < 1.29 is 17.9 Å². The van der Waals surface area contributed by atoms with Gasteiger partial charge in [0.1, 0.15) is 9.90 Å². The Bertz CT molecular complexity index is 868. The van der Waals surface area contributed by atoms with Gasteiger partial charge in [0.15, 0.2) is 5.69 Å². The van der Waals surface area contributed by atoms with Gasteiger partial charge in [-0.15, -0.1) is 11.3 Å². The summed E-state index contributed by atoms with van der Waals surface area (Å²) >= 11 is 13.2. The van der Waals surface area contributed by atoms with Gasteiger partial charge in [0, 0.05) is 16.9 Å². The van der Waals surface area contributed by atoms with Gasteiger partial charge in [0.2, 0.25) is 10.0 Å². The van der Waals surface area contributed by atoms with Gasteiger partial charge >= 0.3 is 5.97 Å². The standard InChI is InChI=1S/C15H16Cl2N2O4S2/c1-3-6-19(8-14-18-12(9-24-14)15(20)23-2)25(21,22)13-7-10(16)4-5-11(13)17/h4-5,7,9H,3,6,8H2,1-2H3. The number of methoxy groups -OCH3 is 1. The van der Waals surface area contributed by atoms with Crippen LogP contribution >= 0.6 is 34.5 Å². The molecule has 6 nitrogen and oxygen atoms in total. The topological polar surface area (TPSA) is 76.6 Å². The van der Waals surface area contributed by atoms with E-state index in [2.05, 4.69) is 9.72 Å². The number of carbonyl (C=O) groups excluding carboxylic acids is 1. The van der Waals surface area contributed by atoms with Crippen LogP contribution < -0.4 is 0 Å². The Hall–Kier alpha value is -1.19. The molecule has 0 aliphatic carbocycles. The van der Waals surface area contributed by atoms with E-state index in [9.17, 15) is 13.2 Å². The summed E-state index contributed by atoms with van der Waals surface area (Å²) < 4.78 is 31.8. The SMILES string of the molecule is CCCN(Cc1nc(C(=O)OC)cs1)S(=O)(=O)c1cc(Cl)ccc1Cl. The molecule has 0 bridgehead atoms. The number of nitrogens with zero attached hydrogens (tertiary/aromatic N) is 2. The van der Waals surface area contributed by atoms with Crippen molar-refractivity contribution in [1.29, 1.82) is 0 Å². The van der Waals surface area contributed by atoms with Crippen molar-refractivity contribution in [3.63, 3.8) is 0 Å². The molecule has 1 aromatic heterocycles. The molecule has 0 fully saturated rings. The lowest BCUT2D eigenvalue weighted by Gasteiger charge is -2.21. The van der Waals surface area contributed by atoms with Crippen LogP contribution in [-0.4, -0.2) is 37.3 Å². The highest BCUT2D eigenvalue weighted by Gasteiger charge is 2.28. The minimum Gasteiger partial charge on any atom is -0.464 e. The fourth-order valence-electron chi connectivity index (χ4n) is 2.08. The van der Waals surface area contributed by atoms with Crippen LogP contribution in [0.25, 0.3) is 0 Å². The smallest absolute Gasteiger partial charge is 0.357 e. The molecule has 1 heterocycles. The van der Waals surface area contributed by atoms with Crippen molar-refractivity contribution in [2.45, 2.75) is 24.8 Å². The van der Waals surface area contributed by atoms with Gasteiger partial charge in [-0.1, -0.05) is 30.1 Å². The molecule has 2 rings (SSSR count). The van der Waals surface area contributed by atoms with Crippen molar-refractivity contribution in [2.75, 3.05) is 13.7 Å². The monoisotopic (exact) mass is 422 g/mol. The summed E-state index contributed by atoms with van der Waals surface area (Å²) in [4.78, 5) is 15.6. The number of halogens is 2. The van der Waals surface area contributed by atoms with Crippen LogP contribution in [0.3, 0.4) is 0 Å². The summed E-state index contributed by atoms with van der Waals surface area (Å²) in [5.74, 6) is -0.565. The molecule has 0 amide bonds. The number of thiazole rings is 1. The zero-order valence-electron chi connectivity index (χ0n) is 13.5. The Morgan fingerprint density at radius 2 is 2.08 bits per heavy atom. The molecule has 0 aliphatic heterocycles. The van der Waals surface area contributed by atoms with E-state index in [1.54, 1.807) is 0 Å². The molecule has 0 aliphatic rings. The summed E-state index contributed by atoms with van der Waals surface area (Å²) in [6, 6.07) is 4.29. The largest absolute Gasteiger partial charge is 0.464 e. The van der Waals surface area contributed by atoms with E-state index >= 15 is 0 Å². The fourth-order valence-corrected chi connectivity index (χ4v) is 5.17. The predicted molar refractivity (Wildman–Crippen MR) is 97.8 cm³/mol. The number of hydrogen-bond donors (Lipinski definition) is 0. The van der Waals surface area contributed by atoms with Gasteiger partial charge in [-0.05, 0) is 24.6 Å². The van der Waals surface area contributed by atoms with E-state index in [-0.39, 0.29) is 33.7 Å². The molecule has 136 valence electrons. The first-order valence-corrected chi connectivity index (χ1v) is 10.3. The minimum atomic E-state index is -3.86. The van der Waals surface area contributed by atoms with Gasteiger partial charge in [-0.2, -0.15) is 4.31 Å². The summed E-state index contributed by atoms with van der Waals surface area (Å²) in [7, 11) is -2.60. The Morgan fingerprint density at radius 1 is 1.36 bits per heavy atom. The predicted octanol–water partition coefficient (Wildman–Crippen LogP) is 3.84. The van der Waals surface area contributed by atoms with E-state index in [0.717, 1.165) is 0 Å². The van der Waals surface area contributed by atoms with Crippen molar-refractivity contribution in [1.82, 2.24) is 9.29 Å². The summed E-state index contributed by atoms with van der Waals surface area (Å²) in [6.07, 6.45) is 0.604. The molecule has 10 heteroatoms. The molecular formula is C15H16Cl2N2O4S2. The maximum Gasteiger partial charge on any atom is 0.357 e. The molecule has 0 saturated carbocycles. The maximum absolute atomic E-state index is 13.0. The number of rotatable bonds is 7. The van der Waals surface area contributed by atoms with Crippen molar-refractivity contribution in [3.8, 4) is 0 Å². The second-order valence-electron chi connectivity index (χ2n) is 5.03. The van der Waals surface area contributed by atoms with Gasteiger partial charge in [0.05, 0.1) is 18.7 Å². The highest BCUT2D eigenvalue weighted by molar-refractivity contribution is 7.89. The van der Waals surface area contributed by atoms with E-state index < -0.39 is 16.0 Å². The third-order valence-electron chi connectivity index (χ3n) is 3.24. The van der Waals surface area contributed by atoms with Crippen LogP contribution in [0.5, 0.6) is 0 Å². The lowest BCUT2D eigenvalue weighted by atomic mass is 10.4. The van der Waals surface area contributed by atoms with E-state index in [4.69, 9.17) is 23.2 Å². The average molecular weight is 423 g/mol. The van der Waals surface area contributed by atoms with Crippen LogP contribution in [0, 0.1) is 0 Å². The lowest BCUT2D eigenvalue weighted by molar-refractivity contribution is 0.0594. The minimum absolute atomic E-state index is 0.0284. The molecule has 0 saturated heterocycles. The third-order valence-corrected chi connectivity index (χ3v) is 6.64. The second kappa shape index (κ2) is 8.46. The van der Waals surface area contributed by atoms with Crippen molar-refractivity contribution in [3.05, 3.63) is 44.3 Å². The molecule has 1 aromatic carbocycles. The number of esters is 1. The Balaban J connectivity index is 2.35. The van der Waals surface area contributed by atoms with Crippen molar-refractivity contribution >= 4 is 50.5 Å². The van der Waals surface area contributed by atoms with E-state index in [1.807, 2.05) is 6.92 Å². The first-order valence-electron chi connectivity index (χ1n) is 7.27. The molecule has 25 heavy (non-hydrogen) atoms. The summed E-state index contributed by atoms with van der Waals surface area (Å²) in [5.41, 5.74) is 0.150. The fraction of sp³-hybridized carbons (Fsp3) is 0.333. The lowest BCUT2D eigenvalue weighted by Crippen LogP contribution is -2.31. The molecule has 0 spiro atoms. The van der Waals surface area contributed by atoms with E-state index in [1.165, 1.54) is 46.3 Å². The molecule has 0 atom stereocenters. The molecular weight excluding hydrogens is 407 g/mol. The average Bonchev–Trinajstić information content (AvgIpc) is 3.04. The zero-order valence-corrected chi connectivity index (χ0v) is 16.7. The van der Waals surface area contributed by atoms with Crippen LogP contribution in [0.2, 0.25) is 10.0 Å². The second-order valence-corrected chi connectivity index (χ2v) is 8.72. The van der Waals surface area contributed by atoms with Gasteiger partial charge in [0.25, 0.3) is 0 Å². The number of aromatic nitrogens is 1. The molecule has 0 radical (unpaired) electrons. The maximum atomic E-state index is 13.0. The molecule has 0 N–H and O–H groups in total. The quantitative estimate of drug-likeness (QED) is 0.633. The van der Waals surface area contributed by atoms with Gasteiger partial charge < -0.3 is 4.74 Å². The Morgan fingerprint density at radius 3 is 2.72 bits per heavy atom. The number of hydrogen-bond acceptors (Lipinski definition) is 6. The normalized spacial score (nSPS) is 11.7. The first kappa shape index (κ1) is 20.1. The van der Waals surface area contributed by atoms with Crippen LogP contribution in [0.4, 0.5) is 0 Å². The highest BCUT2D eigenvalue weighted by Crippen LogP contribution is 2.29. The van der Waals surface area contributed by atoms with Crippen LogP contribution in [0.15, 0.2) is 28.5 Å². The molecule has 2 aromatic rings. The summed E-state index contributed by atoms with van der Waals surface area (Å²) in [5, 5.41) is 2.39. The Labute approximate surface area is 160 Å². The molecule has 0 unspecified atom stereocenters. The third kappa shape index (κ3) is 4.71. The first-order chi connectivity index (χ1) is 11.8. The van der Waals surface area contributed by atoms with Crippen molar-refractivity contribution in [2.24, 2.45) is 0 Å². The number of sulfonamides is 1. The highest BCUT2D eigenvalue weighted by atomic mass is 35.5. The number of carbonyl (C=O) groups is 1. The van der Waals surface area contributed by atoms with Crippen LogP contribution in [-0.2, 0) is 21.3 Å². The van der Waals surface area contributed by atoms with E-state index in [0.29, 0.717) is 11.4 Å².